The monoisotopic (exact) mass is 506 g/mol. The quantitative estimate of drug-likeness (QED) is 0.383. The van der Waals surface area contributed by atoms with Gasteiger partial charge in [-0.15, -0.1) is 11.3 Å². The van der Waals surface area contributed by atoms with Gasteiger partial charge in [-0.25, -0.2) is 9.37 Å². The van der Waals surface area contributed by atoms with Crippen LogP contribution in [0.4, 0.5) is 4.39 Å². The first kappa shape index (κ1) is 23.0. The highest BCUT2D eigenvalue weighted by Crippen LogP contribution is 2.45. The number of nitrogens with one attached hydrogen (secondary N) is 1. The van der Waals surface area contributed by atoms with Crippen LogP contribution in [0.3, 0.4) is 0 Å². The zero-order valence-electron chi connectivity index (χ0n) is 20.0. The summed E-state index contributed by atoms with van der Waals surface area (Å²) in [4.78, 5) is 33.9. The van der Waals surface area contributed by atoms with E-state index < -0.39 is 0 Å². The van der Waals surface area contributed by atoms with Gasteiger partial charge in [-0.1, -0.05) is 18.2 Å². The summed E-state index contributed by atoms with van der Waals surface area (Å²) in [6.07, 6.45) is 6.36. The fraction of sp³-hybridized carbons (Fsp3) is 0.370. The number of aromatic nitrogens is 2. The molecule has 1 aromatic carbocycles. The summed E-state index contributed by atoms with van der Waals surface area (Å²) >= 11 is 1.43. The number of fused-ring (bicyclic) bond motifs is 1. The van der Waals surface area contributed by atoms with E-state index >= 15 is 0 Å². The maximum absolute atomic E-state index is 14.7. The Morgan fingerprint density at radius 1 is 1.19 bits per heavy atom. The Labute approximate surface area is 211 Å². The predicted molar refractivity (Wildman–Crippen MR) is 136 cm³/mol. The number of aryl methyl sites for hydroxylation is 1. The number of thiazole rings is 1. The van der Waals surface area contributed by atoms with Gasteiger partial charge < -0.3 is 19.2 Å². The molecule has 0 bridgehead atoms. The average molecular weight is 507 g/mol. The van der Waals surface area contributed by atoms with Gasteiger partial charge in [0.25, 0.3) is 11.8 Å². The molecule has 1 N–H and O–H groups in total. The van der Waals surface area contributed by atoms with E-state index in [2.05, 4.69) is 5.32 Å². The molecule has 1 aliphatic carbocycles. The van der Waals surface area contributed by atoms with E-state index in [4.69, 9.17) is 9.40 Å². The van der Waals surface area contributed by atoms with Crippen molar-refractivity contribution in [3.8, 4) is 10.4 Å². The van der Waals surface area contributed by atoms with Crippen molar-refractivity contribution in [2.24, 2.45) is 7.05 Å². The minimum Gasteiger partial charge on any atom is -0.463 e. The molecular formula is C27H27FN4O3S. The first-order valence-corrected chi connectivity index (χ1v) is 13.2. The molecule has 1 saturated heterocycles. The van der Waals surface area contributed by atoms with E-state index in [1.165, 1.54) is 17.4 Å². The standard InChI is InChI=1S/C27H27FN4O3S/c1-31-20-11-13-35-22(20)14-21(31)25(33)29-15-17-6-4-5-12-32(17)27(34)23-24(18-7-2-3-8-19(18)28)36-26(30-23)16-9-10-16/h2-3,7-8,11,13-14,16-17H,4-6,9-10,12,15H2,1H3,(H,29,33)/t17-/m0/s1. The van der Waals surface area contributed by atoms with E-state index in [0.717, 1.165) is 42.6 Å². The molecular weight excluding hydrogens is 479 g/mol. The number of carbonyl (C=O) groups is 2. The summed E-state index contributed by atoms with van der Waals surface area (Å²) in [6.45, 7) is 0.926. The van der Waals surface area contributed by atoms with E-state index in [1.54, 1.807) is 35.1 Å². The van der Waals surface area contributed by atoms with Gasteiger partial charge >= 0.3 is 0 Å². The molecule has 186 valence electrons. The number of furan rings is 1. The maximum Gasteiger partial charge on any atom is 0.274 e. The van der Waals surface area contributed by atoms with Gasteiger partial charge in [-0.3, -0.25) is 9.59 Å². The summed E-state index contributed by atoms with van der Waals surface area (Å²) in [5.74, 6) is -0.386. The molecule has 0 unspecified atom stereocenters. The Bertz CT molecular complexity index is 1450. The molecule has 4 heterocycles. The SMILES string of the molecule is Cn1c(C(=O)NC[C@@H]2CCCCN2C(=O)c2nc(C3CC3)sc2-c2ccccc2F)cc2occc21. The first-order valence-electron chi connectivity index (χ1n) is 12.4. The van der Waals surface area contributed by atoms with Gasteiger partial charge in [0.15, 0.2) is 5.58 Å². The van der Waals surface area contributed by atoms with Crippen molar-refractivity contribution in [2.75, 3.05) is 13.1 Å². The van der Waals surface area contributed by atoms with Crippen LogP contribution in [-0.2, 0) is 7.05 Å². The zero-order valence-corrected chi connectivity index (χ0v) is 20.8. The molecule has 1 saturated carbocycles. The number of benzene rings is 1. The molecule has 6 rings (SSSR count). The number of piperidine rings is 1. The molecule has 7 nitrogen and oxygen atoms in total. The molecule has 3 aromatic heterocycles. The van der Waals surface area contributed by atoms with Gasteiger partial charge in [-0.05, 0) is 38.2 Å². The molecule has 2 aliphatic rings. The van der Waals surface area contributed by atoms with Crippen molar-refractivity contribution < 1.29 is 18.4 Å². The van der Waals surface area contributed by atoms with Crippen LogP contribution < -0.4 is 5.32 Å². The second-order valence-electron chi connectivity index (χ2n) is 9.60. The Morgan fingerprint density at radius 3 is 2.81 bits per heavy atom. The molecule has 0 radical (unpaired) electrons. The maximum atomic E-state index is 14.7. The van der Waals surface area contributed by atoms with E-state index in [-0.39, 0.29) is 23.7 Å². The van der Waals surface area contributed by atoms with Crippen LogP contribution >= 0.6 is 11.3 Å². The van der Waals surface area contributed by atoms with Crippen LogP contribution in [0.15, 0.2) is 47.1 Å². The van der Waals surface area contributed by atoms with Gasteiger partial charge in [0.05, 0.1) is 21.7 Å². The lowest BCUT2D eigenvalue weighted by Gasteiger charge is -2.35. The van der Waals surface area contributed by atoms with Gasteiger partial charge in [0.2, 0.25) is 0 Å². The molecule has 2 fully saturated rings. The number of hydrogen-bond donors (Lipinski definition) is 1. The minimum absolute atomic E-state index is 0.155. The lowest BCUT2D eigenvalue weighted by molar-refractivity contribution is 0.0597. The van der Waals surface area contributed by atoms with Gasteiger partial charge in [-0.2, -0.15) is 0 Å². The van der Waals surface area contributed by atoms with Crippen LogP contribution in [0.5, 0.6) is 0 Å². The number of nitrogens with zero attached hydrogens (tertiary/aromatic N) is 3. The Kier molecular flexibility index (Phi) is 5.87. The summed E-state index contributed by atoms with van der Waals surface area (Å²) in [5, 5.41) is 3.92. The third-order valence-electron chi connectivity index (χ3n) is 7.17. The Morgan fingerprint density at radius 2 is 2.03 bits per heavy atom. The molecule has 2 amide bonds. The smallest absolute Gasteiger partial charge is 0.274 e. The topological polar surface area (TPSA) is 80.4 Å². The normalized spacial score (nSPS) is 18.1. The van der Waals surface area contributed by atoms with Crippen molar-refractivity contribution in [2.45, 2.75) is 44.1 Å². The number of halogens is 1. The summed E-state index contributed by atoms with van der Waals surface area (Å²) in [7, 11) is 1.83. The van der Waals surface area contributed by atoms with Crippen LogP contribution in [-0.4, -0.2) is 45.4 Å². The average Bonchev–Trinajstić information content (AvgIpc) is 3.34. The third kappa shape index (κ3) is 4.11. The third-order valence-corrected chi connectivity index (χ3v) is 8.43. The minimum atomic E-state index is -0.353. The van der Waals surface area contributed by atoms with Crippen molar-refractivity contribution in [1.29, 1.82) is 0 Å². The first-order chi connectivity index (χ1) is 17.5. The molecule has 9 heteroatoms. The lowest BCUT2D eigenvalue weighted by Crippen LogP contribution is -2.49. The van der Waals surface area contributed by atoms with E-state index in [1.807, 2.05) is 18.0 Å². The van der Waals surface area contributed by atoms with Crippen molar-refractivity contribution >= 4 is 34.3 Å². The van der Waals surface area contributed by atoms with E-state index in [9.17, 15) is 14.0 Å². The summed E-state index contributed by atoms with van der Waals surface area (Å²) in [6, 6.07) is 9.95. The predicted octanol–water partition coefficient (Wildman–Crippen LogP) is 5.34. The summed E-state index contributed by atoms with van der Waals surface area (Å²) < 4.78 is 21.9. The molecule has 36 heavy (non-hydrogen) atoms. The number of carbonyl (C=O) groups excluding carboxylic acids is 2. The van der Waals surface area contributed by atoms with Gasteiger partial charge in [0, 0.05) is 49.8 Å². The number of hydrogen-bond acceptors (Lipinski definition) is 5. The van der Waals surface area contributed by atoms with E-state index in [0.29, 0.717) is 46.4 Å². The highest BCUT2D eigenvalue weighted by Gasteiger charge is 2.35. The second-order valence-corrected chi connectivity index (χ2v) is 10.6. The van der Waals surface area contributed by atoms with Crippen LogP contribution in [0.25, 0.3) is 21.5 Å². The molecule has 1 atom stereocenters. The zero-order chi connectivity index (χ0) is 24.8. The Hall–Kier alpha value is -3.46. The lowest BCUT2D eigenvalue weighted by atomic mass is 10.0. The van der Waals surface area contributed by atoms with Crippen molar-refractivity contribution in [3.63, 3.8) is 0 Å². The number of amides is 2. The van der Waals surface area contributed by atoms with Crippen molar-refractivity contribution in [3.05, 3.63) is 64.9 Å². The molecule has 1 aliphatic heterocycles. The van der Waals surface area contributed by atoms with Crippen LogP contribution in [0.2, 0.25) is 0 Å². The highest BCUT2D eigenvalue weighted by atomic mass is 32.1. The molecule has 0 spiro atoms. The highest BCUT2D eigenvalue weighted by molar-refractivity contribution is 7.15. The largest absolute Gasteiger partial charge is 0.463 e. The second kappa shape index (κ2) is 9.20. The van der Waals surface area contributed by atoms with Crippen molar-refractivity contribution in [1.82, 2.24) is 19.8 Å². The van der Waals surface area contributed by atoms with Crippen LogP contribution in [0.1, 0.15) is 64.0 Å². The van der Waals surface area contributed by atoms with Crippen LogP contribution in [0, 0.1) is 5.82 Å². The number of likely N-dealkylation sites (tertiary alicyclic amines) is 1. The molecule has 4 aromatic rings. The summed E-state index contributed by atoms with van der Waals surface area (Å²) in [5.41, 5.74) is 2.76. The van der Waals surface area contributed by atoms with Gasteiger partial charge in [0.1, 0.15) is 17.2 Å². The Balaban J connectivity index is 1.24. The fourth-order valence-corrected chi connectivity index (χ4v) is 6.25. The fourth-order valence-electron chi connectivity index (χ4n) is 5.00. The number of rotatable bonds is 6.